The van der Waals surface area contributed by atoms with E-state index in [0.29, 0.717) is 5.92 Å². The lowest BCUT2D eigenvalue weighted by molar-refractivity contribution is 0.123. The molecule has 0 aromatic heterocycles. The summed E-state index contributed by atoms with van der Waals surface area (Å²) in [7, 11) is 0. The Balaban J connectivity index is 1.57. The molecule has 2 saturated carbocycles. The molecular weight excluding hydrogens is 136 g/mol. The first-order valence-corrected chi connectivity index (χ1v) is 5.04. The zero-order valence-corrected chi connectivity index (χ0v) is 7.13. The van der Waals surface area contributed by atoms with Crippen molar-refractivity contribution in [2.45, 2.75) is 51.0 Å². The second kappa shape index (κ2) is 3.14. The van der Waals surface area contributed by atoms with Gasteiger partial charge in [-0.25, -0.2) is 0 Å². The molecule has 0 spiro atoms. The van der Waals surface area contributed by atoms with Gasteiger partial charge in [-0.1, -0.05) is 19.3 Å². The fourth-order valence-electron chi connectivity index (χ4n) is 1.90. The van der Waals surface area contributed by atoms with Gasteiger partial charge in [0.15, 0.2) is 0 Å². The van der Waals surface area contributed by atoms with Gasteiger partial charge >= 0.3 is 0 Å². The molecule has 1 N–H and O–H groups in total. The number of hydrogen-bond donors (Lipinski definition) is 1. The Bertz CT molecular complexity index is 125. The maximum atomic E-state index is 9.56. The van der Waals surface area contributed by atoms with Gasteiger partial charge in [-0.15, -0.1) is 0 Å². The lowest BCUT2D eigenvalue weighted by Crippen LogP contribution is -2.16. The van der Waals surface area contributed by atoms with Crippen LogP contribution in [0.2, 0.25) is 0 Å². The molecule has 64 valence electrons. The van der Waals surface area contributed by atoms with Crippen LogP contribution in [-0.2, 0) is 0 Å². The van der Waals surface area contributed by atoms with E-state index in [1.54, 1.807) is 0 Å². The lowest BCUT2D eigenvalue weighted by Gasteiger charge is -2.26. The van der Waals surface area contributed by atoms with Crippen LogP contribution in [-0.4, -0.2) is 11.2 Å². The number of hydrogen-bond acceptors (Lipinski definition) is 1. The monoisotopic (exact) mass is 154 g/mol. The molecule has 0 heterocycles. The van der Waals surface area contributed by atoms with E-state index >= 15 is 0 Å². The van der Waals surface area contributed by atoms with E-state index < -0.39 is 0 Å². The molecule has 11 heavy (non-hydrogen) atoms. The fraction of sp³-hybridized carbons (Fsp3) is 1.00. The molecule has 0 saturated heterocycles. The number of rotatable bonds is 4. The molecule has 1 nitrogen and oxygen atoms in total. The predicted octanol–water partition coefficient (Wildman–Crippen LogP) is 2.34. The molecule has 1 heteroatoms. The van der Waals surface area contributed by atoms with Crippen molar-refractivity contribution in [2.75, 3.05) is 0 Å². The number of aliphatic hydroxyl groups excluding tert-OH is 1. The van der Waals surface area contributed by atoms with Crippen LogP contribution in [0.25, 0.3) is 0 Å². The van der Waals surface area contributed by atoms with E-state index in [0.717, 1.165) is 12.3 Å². The molecule has 1 unspecified atom stereocenters. The third-order valence-corrected chi connectivity index (χ3v) is 3.26. The zero-order chi connectivity index (χ0) is 7.68. The Morgan fingerprint density at radius 1 is 1.18 bits per heavy atom. The Morgan fingerprint density at radius 3 is 2.36 bits per heavy atom. The normalized spacial score (nSPS) is 28.1. The van der Waals surface area contributed by atoms with Crippen LogP contribution >= 0.6 is 0 Å². The SMILES string of the molecule is OC(CCC1CCC1)C1CC1. The molecule has 0 amide bonds. The maximum absolute atomic E-state index is 9.56. The van der Waals surface area contributed by atoms with Crippen molar-refractivity contribution in [3.05, 3.63) is 0 Å². The third kappa shape index (κ3) is 1.96. The van der Waals surface area contributed by atoms with Crippen molar-refractivity contribution in [3.63, 3.8) is 0 Å². The smallest absolute Gasteiger partial charge is 0.0568 e. The molecule has 0 aliphatic heterocycles. The van der Waals surface area contributed by atoms with Crippen LogP contribution in [0.3, 0.4) is 0 Å². The van der Waals surface area contributed by atoms with Gasteiger partial charge in [0.1, 0.15) is 0 Å². The molecule has 2 fully saturated rings. The van der Waals surface area contributed by atoms with Crippen LogP contribution in [0, 0.1) is 11.8 Å². The zero-order valence-electron chi connectivity index (χ0n) is 7.13. The minimum Gasteiger partial charge on any atom is -0.393 e. The summed E-state index contributed by atoms with van der Waals surface area (Å²) < 4.78 is 0. The second-order valence-electron chi connectivity index (χ2n) is 4.28. The van der Waals surface area contributed by atoms with Crippen molar-refractivity contribution >= 4 is 0 Å². The average Bonchev–Trinajstić information content (AvgIpc) is 2.64. The van der Waals surface area contributed by atoms with E-state index in [9.17, 15) is 5.11 Å². The highest BCUT2D eigenvalue weighted by atomic mass is 16.3. The fourth-order valence-corrected chi connectivity index (χ4v) is 1.90. The maximum Gasteiger partial charge on any atom is 0.0568 e. The van der Waals surface area contributed by atoms with Gasteiger partial charge in [0.2, 0.25) is 0 Å². The van der Waals surface area contributed by atoms with E-state index in [1.807, 2.05) is 0 Å². The first-order chi connectivity index (χ1) is 5.36. The summed E-state index contributed by atoms with van der Waals surface area (Å²) in [5.74, 6) is 1.67. The molecule has 1 atom stereocenters. The van der Waals surface area contributed by atoms with Gasteiger partial charge in [0.05, 0.1) is 6.10 Å². The second-order valence-corrected chi connectivity index (χ2v) is 4.28. The van der Waals surface area contributed by atoms with Crippen LogP contribution in [0.15, 0.2) is 0 Å². The summed E-state index contributed by atoms with van der Waals surface area (Å²) in [6.07, 6.45) is 9.28. The van der Waals surface area contributed by atoms with Gasteiger partial charge < -0.3 is 5.11 Å². The highest BCUT2D eigenvalue weighted by Crippen LogP contribution is 2.37. The van der Waals surface area contributed by atoms with Gasteiger partial charge in [-0.05, 0) is 37.5 Å². The largest absolute Gasteiger partial charge is 0.393 e. The molecule has 0 aromatic carbocycles. The Hall–Kier alpha value is -0.0400. The highest BCUT2D eigenvalue weighted by Gasteiger charge is 2.30. The minimum absolute atomic E-state index is 0.0515. The molecule has 2 aliphatic rings. The van der Waals surface area contributed by atoms with Gasteiger partial charge in [-0.2, -0.15) is 0 Å². The average molecular weight is 154 g/mol. The highest BCUT2D eigenvalue weighted by molar-refractivity contribution is 4.82. The van der Waals surface area contributed by atoms with E-state index in [1.165, 1.54) is 38.5 Å². The molecule has 0 radical (unpaired) electrons. The molecule has 2 aliphatic carbocycles. The first kappa shape index (κ1) is 7.60. The molecule has 0 aromatic rings. The number of aliphatic hydroxyl groups is 1. The quantitative estimate of drug-likeness (QED) is 0.659. The van der Waals surface area contributed by atoms with E-state index in [-0.39, 0.29) is 6.10 Å². The summed E-state index contributed by atoms with van der Waals surface area (Å²) in [6.45, 7) is 0. The Kier molecular flexibility index (Phi) is 2.17. The Labute approximate surface area is 68.8 Å². The van der Waals surface area contributed by atoms with Crippen LogP contribution < -0.4 is 0 Å². The van der Waals surface area contributed by atoms with Crippen molar-refractivity contribution in [1.82, 2.24) is 0 Å². The summed E-state index contributed by atoms with van der Waals surface area (Å²) in [5, 5.41) is 9.56. The van der Waals surface area contributed by atoms with Crippen molar-refractivity contribution in [1.29, 1.82) is 0 Å². The topological polar surface area (TPSA) is 20.2 Å². The van der Waals surface area contributed by atoms with Crippen molar-refractivity contribution in [2.24, 2.45) is 11.8 Å². The van der Waals surface area contributed by atoms with Crippen molar-refractivity contribution < 1.29 is 5.11 Å². The van der Waals surface area contributed by atoms with Crippen LogP contribution in [0.5, 0.6) is 0 Å². The summed E-state index contributed by atoms with van der Waals surface area (Å²) in [4.78, 5) is 0. The van der Waals surface area contributed by atoms with E-state index in [4.69, 9.17) is 0 Å². The molecular formula is C10H18O. The summed E-state index contributed by atoms with van der Waals surface area (Å²) in [5.41, 5.74) is 0. The third-order valence-electron chi connectivity index (χ3n) is 3.26. The minimum atomic E-state index is 0.0515. The van der Waals surface area contributed by atoms with Gasteiger partial charge in [0, 0.05) is 0 Å². The predicted molar refractivity (Wildman–Crippen MR) is 45.3 cm³/mol. The molecule has 0 bridgehead atoms. The summed E-state index contributed by atoms with van der Waals surface area (Å²) >= 11 is 0. The van der Waals surface area contributed by atoms with Gasteiger partial charge in [-0.3, -0.25) is 0 Å². The van der Waals surface area contributed by atoms with Crippen molar-refractivity contribution in [3.8, 4) is 0 Å². The lowest BCUT2D eigenvalue weighted by atomic mass is 9.81. The first-order valence-electron chi connectivity index (χ1n) is 5.04. The van der Waals surface area contributed by atoms with Crippen LogP contribution in [0.4, 0.5) is 0 Å². The van der Waals surface area contributed by atoms with Gasteiger partial charge in [0.25, 0.3) is 0 Å². The Morgan fingerprint density at radius 2 is 1.91 bits per heavy atom. The molecule has 2 rings (SSSR count). The standard InChI is InChI=1S/C10H18O/c11-10(9-5-6-9)7-4-8-2-1-3-8/h8-11H,1-7H2. The van der Waals surface area contributed by atoms with E-state index in [2.05, 4.69) is 0 Å². The summed E-state index contributed by atoms with van der Waals surface area (Å²) in [6, 6.07) is 0. The van der Waals surface area contributed by atoms with Crippen LogP contribution in [0.1, 0.15) is 44.9 Å².